The first kappa shape index (κ1) is 16.8. The van der Waals surface area contributed by atoms with Gasteiger partial charge in [-0.25, -0.2) is 4.79 Å². The van der Waals surface area contributed by atoms with E-state index in [9.17, 15) is 9.90 Å². The maximum absolute atomic E-state index is 12.2. The van der Waals surface area contributed by atoms with Crippen molar-refractivity contribution in [3.8, 4) is 11.1 Å². The average Bonchev–Trinajstić information content (AvgIpc) is 2.95. The molecule has 0 aromatic heterocycles. The van der Waals surface area contributed by atoms with Gasteiger partial charge >= 0.3 is 6.09 Å². The highest BCUT2D eigenvalue weighted by atomic mass is 16.5. The second-order valence-corrected chi connectivity index (χ2v) is 8.36. The van der Waals surface area contributed by atoms with Crippen molar-refractivity contribution in [1.82, 2.24) is 10.6 Å². The van der Waals surface area contributed by atoms with Crippen molar-refractivity contribution in [2.24, 2.45) is 5.41 Å². The normalized spacial score (nSPS) is 20.9. The topological polar surface area (TPSA) is 70.6 Å². The molecule has 5 nitrogen and oxygen atoms in total. The standard InChI is InChI=1S/C22H24N2O3/c25-20(24-14-22(26)10-21(11-22)12-23-13-21)27-9-19-17-7-3-1-5-15(17)16-6-2-4-8-18(16)19/h1-8,19,23,26H,9-14H2,(H,24,25). The van der Waals surface area contributed by atoms with Gasteiger partial charge < -0.3 is 20.5 Å². The van der Waals surface area contributed by atoms with Gasteiger partial charge in [0.05, 0.1) is 5.60 Å². The van der Waals surface area contributed by atoms with Crippen LogP contribution in [0.15, 0.2) is 48.5 Å². The predicted molar refractivity (Wildman–Crippen MR) is 103 cm³/mol. The molecule has 2 aromatic carbocycles. The van der Waals surface area contributed by atoms with Gasteiger partial charge in [0.1, 0.15) is 6.61 Å². The van der Waals surface area contributed by atoms with E-state index >= 15 is 0 Å². The van der Waals surface area contributed by atoms with Crippen molar-refractivity contribution >= 4 is 6.09 Å². The Kier molecular flexibility index (Phi) is 3.78. The van der Waals surface area contributed by atoms with Crippen LogP contribution in [-0.4, -0.2) is 43.0 Å². The number of alkyl carbamates (subject to hydrolysis) is 1. The third-order valence-electron chi connectivity index (χ3n) is 6.31. The summed E-state index contributed by atoms with van der Waals surface area (Å²) < 4.78 is 5.52. The summed E-state index contributed by atoms with van der Waals surface area (Å²) in [6.07, 6.45) is 1.03. The molecule has 1 saturated carbocycles. The van der Waals surface area contributed by atoms with Gasteiger partial charge in [0.2, 0.25) is 0 Å². The maximum atomic E-state index is 12.2. The van der Waals surface area contributed by atoms with Crippen molar-refractivity contribution in [3.05, 3.63) is 59.7 Å². The molecule has 1 amide bonds. The Bertz CT molecular complexity index is 837. The summed E-state index contributed by atoms with van der Waals surface area (Å²) in [5, 5.41) is 16.5. The van der Waals surface area contributed by atoms with Gasteiger partial charge in [-0.1, -0.05) is 48.5 Å². The highest BCUT2D eigenvalue weighted by molar-refractivity contribution is 5.79. The summed E-state index contributed by atoms with van der Waals surface area (Å²) in [6, 6.07) is 16.6. The van der Waals surface area contributed by atoms with Gasteiger partial charge in [-0.05, 0) is 35.1 Å². The molecule has 3 N–H and O–H groups in total. The molecule has 27 heavy (non-hydrogen) atoms. The fourth-order valence-electron chi connectivity index (χ4n) is 5.08. The molecule has 0 atom stereocenters. The molecule has 2 aromatic rings. The van der Waals surface area contributed by atoms with Crippen molar-refractivity contribution in [1.29, 1.82) is 0 Å². The summed E-state index contributed by atoms with van der Waals surface area (Å²) in [4.78, 5) is 12.2. The van der Waals surface area contributed by atoms with Crippen LogP contribution >= 0.6 is 0 Å². The van der Waals surface area contributed by atoms with Gasteiger partial charge in [-0.3, -0.25) is 0 Å². The summed E-state index contributed by atoms with van der Waals surface area (Å²) in [5.41, 5.74) is 4.30. The van der Waals surface area contributed by atoms with E-state index in [4.69, 9.17) is 4.74 Å². The van der Waals surface area contributed by atoms with E-state index in [1.165, 1.54) is 22.3 Å². The fourth-order valence-corrected chi connectivity index (χ4v) is 5.08. The van der Waals surface area contributed by atoms with E-state index in [0.717, 1.165) is 25.9 Å². The number of aliphatic hydroxyl groups is 1. The Morgan fingerprint density at radius 2 is 1.67 bits per heavy atom. The number of fused-ring (bicyclic) bond motifs is 3. The molecule has 2 fully saturated rings. The first-order chi connectivity index (χ1) is 13.1. The van der Waals surface area contributed by atoms with E-state index in [2.05, 4.69) is 34.9 Å². The smallest absolute Gasteiger partial charge is 0.407 e. The van der Waals surface area contributed by atoms with Gasteiger partial charge in [-0.2, -0.15) is 0 Å². The minimum Gasteiger partial charge on any atom is -0.449 e. The van der Waals surface area contributed by atoms with Gasteiger partial charge in [0, 0.05) is 31.0 Å². The third kappa shape index (κ3) is 2.82. The second-order valence-electron chi connectivity index (χ2n) is 8.36. The summed E-state index contributed by atoms with van der Waals surface area (Å²) in [6.45, 7) is 2.50. The zero-order chi connectivity index (χ0) is 18.5. The minimum absolute atomic E-state index is 0.0549. The third-order valence-corrected chi connectivity index (χ3v) is 6.31. The number of ether oxygens (including phenoxy) is 1. The molecular weight excluding hydrogens is 340 g/mol. The highest BCUT2D eigenvalue weighted by Gasteiger charge is 2.56. The van der Waals surface area contributed by atoms with E-state index < -0.39 is 11.7 Å². The minimum atomic E-state index is -0.784. The number of nitrogens with one attached hydrogen (secondary N) is 2. The Balaban J connectivity index is 1.20. The molecule has 3 aliphatic rings. The molecule has 2 aliphatic carbocycles. The lowest BCUT2D eigenvalue weighted by atomic mass is 9.56. The van der Waals surface area contributed by atoms with Crippen molar-refractivity contribution in [3.63, 3.8) is 0 Å². The number of benzene rings is 2. The van der Waals surface area contributed by atoms with Gasteiger partial charge in [0.25, 0.3) is 0 Å². The van der Waals surface area contributed by atoms with E-state index in [0.29, 0.717) is 6.61 Å². The molecule has 0 bridgehead atoms. The molecule has 1 aliphatic heterocycles. The first-order valence-electron chi connectivity index (χ1n) is 9.60. The number of carbonyl (C=O) groups is 1. The Hall–Kier alpha value is -2.37. The van der Waals surface area contributed by atoms with Crippen LogP contribution in [0.2, 0.25) is 0 Å². The quantitative estimate of drug-likeness (QED) is 0.780. The first-order valence-corrected chi connectivity index (χ1v) is 9.60. The molecule has 0 radical (unpaired) electrons. The SMILES string of the molecule is O=C(NCC1(O)CC2(CNC2)C1)OCC1c2ccccc2-c2ccccc21. The molecule has 140 valence electrons. The number of rotatable bonds is 4. The Morgan fingerprint density at radius 3 is 2.22 bits per heavy atom. The van der Waals surface area contributed by atoms with E-state index in [1.54, 1.807) is 0 Å². The molecule has 1 heterocycles. The number of carbonyl (C=O) groups excluding carboxylic acids is 1. The Morgan fingerprint density at radius 1 is 1.07 bits per heavy atom. The van der Waals surface area contributed by atoms with Crippen molar-refractivity contribution in [2.75, 3.05) is 26.2 Å². The van der Waals surface area contributed by atoms with E-state index in [-0.39, 0.29) is 17.9 Å². The number of amides is 1. The maximum Gasteiger partial charge on any atom is 0.407 e. The number of hydrogen-bond acceptors (Lipinski definition) is 4. The van der Waals surface area contributed by atoms with Crippen LogP contribution in [0.5, 0.6) is 0 Å². The largest absolute Gasteiger partial charge is 0.449 e. The molecule has 1 saturated heterocycles. The fraction of sp³-hybridized carbons (Fsp3) is 0.409. The molecule has 5 heteroatoms. The van der Waals surface area contributed by atoms with Gasteiger partial charge in [0.15, 0.2) is 0 Å². The monoisotopic (exact) mass is 364 g/mol. The molecule has 1 spiro atoms. The average molecular weight is 364 g/mol. The van der Waals surface area contributed by atoms with E-state index in [1.807, 2.05) is 24.3 Å². The summed E-state index contributed by atoms with van der Waals surface area (Å²) >= 11 is 0. The molecule has 0 unspecified atom stereocenters. The van der Waals surface area contributed by atoms with Crippen LogP contribution in [0, 0.1) is 5.41 Å². The van der Waals surface area contributed by atoms with Crippen molar-refractivity contribution in [2.45, 2.75) is 24.4 Å². The highest BCUT2D eigenvalue weighted by Crippen LogP contribution is 2.50. The predicted octanol–water partition coefficient (Wildman–Crippen LogP) is 2.64. The van der Waals surface area contributed by atoms with Crippen LogP contribution in [0.3, 0.4) is 0 Å². The van der Waals surface area contributed by atoms with Gasteiger partial charge in [-0.15, -0.1) is 0 Å². The van der Waals surface area contributed by atoms with Crippen LogP contribution in [0.1, 0.15) is 29.9 Å². The summed E-state index contributed by atoms with van der Waals surface area (Å²) in [7, 11) is 0. The van der Waals surface area contributed by atoms with Crippen LogP contribution in [-0.2, 0) is 4.74 Å². The lowest BCUT2D eigenvalue weighted by Gasteiger charge is -2.58. The van der Waals surface area contributed by atoms with Crippen LogP contribution < -0.4 is 10.6 Å². The zero-order valence-corrected chi connectivity index (χ0v) is 15.2. The Labute approximate surface area is 158 Å². The molecule has 5 rings (SSSR count). The number of hydrogen-bond donors (Lipinski definition) is 3. The lowest BCUT2D eigenvalue weighted by Crippen LogP contribution is -2.69. The van der Waals surface area contributed by atoms with Crippen molar-refractivity contribution < 1.29 is 14.6 Å². The second kappa shape index (κ2) is 6.08. The lowest BCUT2D eigenvalue weighted by molar-refractivity contribution is -0.145. The van der Waals surface area contributed by atoms with Crippen LogP contribution in [0.25, 0.3) is 11.1 Å². The summed E-state index contributed by atoms with van der Waals surface area (Å²) in [5.74, 6) is 0.0549. The van der Waals surface area contributed by atoms with Crippen LogP contribution in [0.4, 0.5) is 4.79 Å². The molecular formula is C22H24N2O3. The zero-order valence-electron chi connectivity index (χ0n) is 15.2.